The molecule has 1 N–H and O–H groups in total. The molecule has 0 bridgehead atoms. The van der Waals surface area contributed by atoms with E-state index in [-0.39, 0.29) is 5.69 Å². The van der Waals surface area contributed by atoms with Crippen LogP contribution in [0, 0.1) is 11.7 Å². The number of aliphatic imine (C=N–C) groups is 1. The zero-order valence-corrected chi connectivity index (χ0v) is 13.4. The van der Waals surface area contributed by atoms with Crippen molar-refractivity contribution in [1.82, 2.24) is 5.32 Å². The lowest BCUT2D eigenvalue weighted by molar-refractivity contribution is -0.131. The van der Waals surface area contributed by atoms with Crippen LogP contribution in [0.25, 0.3) is 0 Å². The van der Waals surface area contributed by atoms with Gasteiger partial charge in [0.15, 0.2) is 5.92 Å². The average Bonchev–Trinajstić information content (AvgIpc) is 2.56. The summed E-state index contributed by atoms with van der Waals surface area (Å²) < 4.78 is 13.9. The Morgan fingerprint density at radius 1 is 1.12 bits per heavy atom. The molecule has 4 amide bonds. The minimum atomic E-state index is -1.36. The minimum Gasteiger partial charge on any atom is -0.276 e. The van der Waals surface area contributed by atoms with E-state index < -0.39 is 29.6 Å². The van der Waals surface area contributed by atoms with Gasteiger partial charge in [-0.25, -0.2) is 14.1 Å². The van der Waals surface area contributed by atoms with Gasteiger partial charge in [0.2, 0.25) is 5.91 Å². The maximum absolute atomic E-state index is 13.9. The Kier molecular flexibility index (Phi) is 4.58. The van der Waals surface area contributed by atoms with Crippen molar-refractivity contribution in [2.75, 3.05) is 4.90 Å². The number of halogens is 2. The monoisotopic (exact) mass is 359 g/mol. The Morgan fingerprint density at radius 3 is 2.60 bits per heavy atom. The van der Waals surface area contributed by atoms with Gasteiger partial charge >= 0.3 is 6.03 Å². The molecule has 0 aliphatic carbocycles. The number of anilines is 1. The fourth-order valence-electron chi connectivity index (χ4n) is 2.30. The van der Waals surface area contributed by atoms with Crippen LogP contribution in [-0.2, 0) is 9.59 Å². The Balaban J connectivity index is 1.92. The summed E-state index contributed by atoms with van der Waals surface area (Å²) >= 11 is 5.85. The minimum absolute atomic E-state index is 0.237. The first kappa shape index (κ1) is 16.8. The fourth-order valence-corrected chi connectivity index (χ4v) is 2.48. The Morgan fingerprint density at radius 2 is 1.88 bits per heavy atom. The average molecular weight is 360 g/mol. The van der Waals surface area contributed by atoms with E-state index in [1.54, 1.807) is 24.3 Å². The third-order valence-electron chi connectivity index (χ3n) is 3.48. The first-order valence-corrected chi connectivity index (χ1v) is 7.58. The number of rotatable bonds is 3. The highest BCUT2D eigenvalue weighted by Gasteiger charge is 2.41. The van der Waals surface area contributed by atoms with E-state index in [0.29, 0.717) is 15.6 Å². The summed E-state index contributed by atoms with van der Waals surface area (Å²) in [5, 5.41) is 2.47. The molecular weight excluding hydrogens is 349 g/mol. The molecule has 6 nitrogen and oxygen atoms in total. The molecule has 126 valence electrons. The van der Waals surface area contributed by atoms with Gasteiger partial charge in [-0.15, -0.1) is 0 Å². The number of barbiturate groups is 1. The van der Waals surface area contributed by atoms with E-state index in [9.17, 15) is 18.8 Å². The number of nitrogens with one attached hydrogen (secondary N) is 1. The number of para-hydroxylation sites is 1. The van der Waals surface area contributed by atoms with Crippen molar-refractivity contribution in [2.45, 2.75) is 0 Å². The fraction of sp³-hybridized carbons (Fsp3) is 0.0588. The molecular formula is C17H11ClFN3O3. The molecule has 1 fully saturated rings. The number of nitrogens with zero attached hydrogens (tertiary/aromatic N) is 2. The predicted octanol–water partition coefficient (Wildman–Crippen LogP) is 3.08. The molecule has 2 aromatic carbocycles. The van der Waals surface area contributed by atoms with Gasteiger partial charge in [0.1, 0.15) is 5.82 Å². The van der Waals surface area contributed by atoms with Gasteiger partial charge < -0.3 is 0 Å². The van der Waals surface area contributed by atoms with Crippen molar-refractivity contribution >= 4 is 47.0 Å². The van der Waals surface area contributed by atoms with Crippen LogP contribution in [0.5, 0.6) is 0 Å². The summed E-state index contributed by atoms with van der Waals surface area (Å²) in [4.78, 5) is 41.1. The normalized spacial score (nSPS) is 17.9. The van der Waals surface area contributed by atoms with E-state index in [1.165, 1.54) is 18.2 Å². The first-order chi connectivity index (χ1) is 12.0. The zero-order valence-electron chi connectivity index (χ0n) is 12.6. The van der Waals surface area contributed by atoms with Gasteiger partial charge in [-0.3, -0.25) is 19.9 Å². The Labute approximate surface area is 146 Å². The smallest absolute Gasteiger partial charge is 0.276 e. The maximum Gasteiger partial charge on any atom is 0.335 e. The lowest BCUT2D eigenvalue weighted by atomic mass is 10.1. The highest BCUT2D eigenvalue weighted by molar-refractivity contribution is 6.33. The zero-order chi connectivity index (χ0) is 18.0. The van der Waals surface area contributed by atoms with E-state index in [0.717, 1.165) is 12.3 Å². The lowest BCUT2D eigenvalue weighted by Crippen LogP contribution is -2.58. The molecule has 0 aromatic heterocycles. The van der Waals surface area contributed by atoms with Crippen LogP contribution >= 0.6 is 11.6 Å². The Hall–Kier alpha value is -3.06. The van der Waals surface area contributed by atoms with Crippen LogP contribution in [0.2, 0.25) is 5.02 Å². The predicted molar refractivity (Wildman–Crippen MR) is 90.5 cm³/mol. The number of amides is 4. The van der Waals surface area contributed by atoms with Crippen LogP contribution in [0.15, 0.2) is 53.5 Å². The topological polar surface area (TPSA) is 78.8 Å². The first-order valence-electron chi connectivity index (χ1n) is 7.20. The molecule has 1 heterocycles. The van der Waals surface area contributed by atoms with Crippen molar-refractivity contribution in [3.63, 3.8) is 0 Å². The summed E-state index contributed by atoms with van der Waals surface area (Å²) in [5.74, 6) is -3.83. The third-order valence-corrected chi connectivity index (χ3v) is 3.71. The van der Waals surface area contributed by atoms with Gasteiger partial charge in [0, 0.05) is 11.2 Å². The largest absolute Gasteiger partial charge is 0.335 e. The summed E-state index contributed by atoms with van der Waals surface area (Å²) in [6.45, 7) is 0. The number of carbonyl (C=O) groups excluding carboxylic acids is 3. The van der Waals surface area contributed by atoms with Crippen molar-refractivity contribution < 1.29 is 18.8 Å². The molecule has 0 saturated carbocycles. The van der Waals surface area contributed by atoms with Gasteiger partial charge in [0.25, 0.3) is 5.91 Å². The van der Waals surface area contributed by atoms with Crippen molar-refractivity contribution in [3.05, 3.63) is 59.4 Å². The second kappa shape index (κ2) is 6.82. The number of imide groups is 2. The molecule has 8 heteroatoms. The highest BCUT2D eigenvalue weighted by Crippen LogP contribution is 2.24. The molecule has 0 spiro atoms. The van der Waals surface area contributed by atoms with E-state index in [1.807, 2.05) is 5.32 Å². The molecule has 0 unspecified atom stereocenters. The lowest BCUT2D eigenvalue weighted by Gasteiger charge is -2.28. The molecule has 2 aromatic rings. The molecule has 1 atom stereocenters. The van der Waals surface area contributed by atoms with Crippen LogP contribution < -0.4 is 10.2 Å². The maximum atomic E-state index is 13.9. The molecule has 1 aliphatic heterocycles. The van der Waals surface area contributed by atoms with Crippen molar-refractivity contribution in [2.24, 2.45) is 10.9 Å². The summed E-state index contributed by atoms with van der Waals surface area (Å²) in [5.41, 5.74) is 0.195. The molecule has 3 rings (SSSR count). The SMILES string of the molecule is O=C1NC(=O)N(c2ccccc2F)C(=O)[C@H]1C=Nc1cccc(Cl)c1. The second-order valence-electron chi connectivity index (χ2n) is 5.16. The van der Waals surface area contributed by atoms with E-state index >= 15 is 0 Å². The second-order valence-corrected chi connectivity index (χ2v) is 5.59. The number of carbonyl (C=O) groups is 3. The molecule has 1 saturated heterocycles. The molecule has 1 aliphatic rings. The van der Waals surface area contributed by atoms with Gasteiger partial charge in [-0.05, 0) is 30.3 Å². The van der Waals surface area contributed by atoms with Gasteiger partial charge in [-0.2, -0.15) is 0 Å². The molecule has 0 radical (unpaired) electrons. The van der Waals surface area contributed by atoms with Crippen molar-refractivity contribution in [3.8, 4) is 0 Å². The van der Waals surface area contributed by atoms with Crippen LogP contribution in [0.3, 0.4) is 0 Å². The molecule has 25 heavy (non-hydrogen) atoms. The van der Waals surface area contributed by atoms with Crippen molar-refractivity contribution in [1.29, 1.82) is 0 Å². The standard InChI is InChI=1S/C17H11ClFN3O3/c18-10-4-3-5-11(8-10)20-9-12-15(23)21-17(25)22(16(12)24)14-7-2-1-6-13(14)19/h1-9,12H,(H,21,23,25)/t12-/m0/s1. The number of benzene rings is 2. The number of urea groups is 1. The van der Waals surface area contributed by atoms with Gasteiger partial charge in [0.05, 0.1) is 11.4 Å². The highest BCUT2D eigenvalue weighted by atomic mass is 35.5. The van der Waals surface area contributed by atoms with E-state index in [4.69, 9.17) is 11.6 Å². The van der Waals surface area contributed by atoms with Crippen LogP contribution in [-0.4, -0.2) is 24.1 Å². The summed E-state index contributed by atoms with van der Waals surface area (Å²) in [6.07, 6.45) is 1.10. The third kappa shape index (κ3) is 3.41. The summed E-state index contributed by atoms with van der Waals surface area (Å²) in [6, 6.07) is 10.8. The van der Waals surface area contributed by atoms with Gasteiger partial charge in [-0.1, -0.05) is 29.8 Å². The number of hydrogen-bond donors (Lipinski definition) is 1. The van der Waals surface area contributed by atoms with Crippen LogP contribution in [0.4, 0.5) is 20.6 Å². The van der Waals surface area contributed by atoms with Crippen LogP contribution in [0.1, 0.15) is 0 Å². The number of hydrogen-bond acceptors (Lipinski definition) is 4. The Bertz CT molecular complexity index is 900. The van der Waals surface area contributed by atoms with E-state index in [2.05, 4.69) is 4.99 Å². The quantitative estimate of drug-likeness (QED) is 0.675. The summed E-state index contributed by atoms with van der Waals surface area (Å²) in [7, 11) is 0.